The van der Waals surface area contributed by atoms with Crippen LogP contribution in [0.3, 0.4) is 0 Å². The molecule has 126 valence electrons. The van der Waals surface area contributed by atoms with Crippen LogP contribution in [0.2, 0.25) is 0 Å². The van der Waals surface area contributed by atoms with Crippen molar-refractivity contribution in [3.63, 3.8) is 0 Å². The minimum Gasteiger partial charge on any atom is -0.494 e. The van der Waals surface area contributed by atoms with Crippen LogP contribution in [0.25, 0.3) is 0 Å². The van der Waals surface area contributed by atoms with E-state index in [1.807, 2.05) is 0 Å². The van der Waals surface area contributed by atoms with Gasteiger partial charge in [0.2, 0.25) is 10.0 Å². The van der Waals surface area contributed by atoms with Crippen LogP contribution in [0.4, 0.5) is 4.39 Å². The van der Waals surface area contributed by atoms with Gasteiger partial charge in [0.1, 0.15) is 0 Å². The molecule has 1 saturated heterocycles. The Morgan fingerprint density at radius 3 is 2.77 bits per heavy atom. The molecule has 0 amide bonds. The second-order valence-corrected chi connectivity index (χ2v) is 7.00. The number of methoxy groups -OCH3 is 1. The van der Waals surface area contributed by atoms with Gasteiger partial charge in [0.25, 0.3) is 0 Å². The van der Waals surface area contributed by atoms with E-state index in [9.17, 15) is 12.8 Å². The second-order valence-electron chi connectivity index (χ2n) is 5.27. The molecule has 0 saturated carbocycles. The summed E-state index contributed by atoms with van der Waals surface area (Å²) < 4.78 is 46.0. The molecular formula is C14H22ClFN2O3S. The molecule has 0 aliphatic carbocycles. The molecule has 1 aliphatic rings. The van der Waals surface area contributed by atoms with E-state index in [1.54, 1.807) is 0 Å². The molecule has 1 heterocycles. The molecular weight excluding hydrogens is 331 g/mol. The molecule has 5 nitrogen and oxygen atoms in total. The van der Waals surface area contributed by atoms with E-state index in [0.29, 0.717) is 6.54 Å². The molecule has 1 aliphatic heterocycles. The maximum atomic E-state index is 14.0. The summed E-state index contributed by atoms with van der Waals surface area (Å²) in [5, 5.41) is 3.24. The topological polar surface area (TPSA) is 67.4 Å². The van der Waals surface area contributed by atoms with Gasteiger partial charge in [-0.25, -0.2) is 17.5 Å². The lowest BCUT2D eigenvalue weighted by Gasteiger charge is -2.23. The maximum absolute atomic E-state index is 14.0. The third kappa shape index (κ3) is 4.32. The third-order valence-corrected chi connectivity index (χ3v) is 5.34. The van der Waals surface area contributed by atoms with Crippen LogP contribution in [-0.4, -0.2) is 35.2 Å². The summed E-state index contributed by atoms with van der Waals surface area (Å²) in [6, 6.07) is 2.71. The van der Waals surface area contributed by atoms with E-state index in [-0.39, 0.29) is 34.5 Å². The van der Waals surface area contributed by atoms with Crippen molar-refractivity contribution >= 4 is 22.4 Å². The van der Waals surface area contributed by atoms with Gasteiger partial charge in [-0.15, -0.1) is 12.4 Å². The second kappa shape index (κ2) is 8.10. The van der Waals surface area contributed by atoms with Crippen LogP contribution in [0.5, 0.6) is 5.75 Å². The number of ether oxygens (including phenoxy) is 1. The zero-order valence-electron chi connectivity index (χ0n) is 12.7. The molecule has 0 aromatic heterocycles. The van der Waals surface area contributed by atoms with E-state index in [1.165, 1.54) is 26.2 Å². The van der Waals surface area contributed by atoms with Gasteiger partial charge >= 0.3 is 0 Å². The van der Waals surface area contributed by atoms with Crippen LogP contribution >= 0.6 is 12.4 Å². The number of nitrogens with one attached hydrogen (secondary N) is 2. The summed E-state index contributed by atoms with van der Waals surface area (Å²) in [7, 11) is -2.36. The van der Waals surface area contributed by atoms with Crippen LogP contribution in [0.15, 0.2) is 17.0 Å². The fourth-order valence-electron chi connectivity index (χ4n) is 2.49. The van der Waals surface area contributed by atoms with Gasteiger partial charge in [-0.3, -0.25) is 0 Å². The Kier molecular flexibility index (Phi) is 7.05. The first-order chi connectivity index (χ1) is 9.95. The quantitative estimate of drug-likeness (QED) is 0.848. The first-order valence-corrected chi connectivity index (χ1v) is 8.47. The van der Waals surface area contributed by atoms with E-state index in [4.69, 9.17) is 4.74 Å². The number of sulfonamides is 1. The first kappa shape index (κ1) is 19.2. The zero-order valence-corrected chi connectivity index (χ0v) is 14.3. The van der Waals surface area contributed by atoms with Gasteiger partial charge in [0.15, 0.2) is 11.6 Å². The van der Waals surface area contributed by atoms with Gasteiger partial charge in [-0.05, 0) is 50.9 Å². The zero-order chi connectivity index (χ0) is 15.5. The Hall–Kier alpha value is -0.890. The van der Waals surface area contributed by atoms with E-state index < -0.39 is 15.8 Å². The molecule has 2 N–H and O–H groups in total. The van der Waals surface area contributed by atoms with Crippen molar-refractivity contribution in [3.8, 4) is 5.75 Å². The molecule has 1 fully saturated rings. The van der Waals surface area contributed by atoms with Crippen LogP contribution < -0.4 is 14.8 Å². The molecule has 2 rings (SSSR count). The molecule has 8 heteroatoms. The molecule has 0 spiro atoms. The summed E-state index contributed by atoms with van der Waals surface area (Å²) in [4.78, 5) is -0.0374. The lowest BCUT2D eigenvalue weighted by Crippen LogP contribution is -2.38. The molecule has 0 radical (unpaired) electrons. The largest absolute Gasteiger partial charge is 0.494 e. The van der Waals surface area contributed by atoms with Gasteiger partial charge in [0.05, 0.1) is 12.0 Å². The maximum Gasteiger partial charge on any atom is 0.240 e. The van der Waals surface area contributed by atoms with Crippen molar-refractivity contribution in [2.75, 3.05) is 26.7 Å². The SMILES string of the molecule is COc1ccc(S(=O)(=O)NCC2CCCNC2)c(C)c1F.Cl. The minimum atomic E-state index is -3.71. The summed E-state index contributed by atoms with van der Waals surface area (Å²) >= 11 is 0. The number of benzene rings is 1. The van der Waals surface area contributed by atoms with Crippen molar-refractivity contribution in [2.45, 2.75) is 24.7 Å². The molecule has 0 bridgehead atoms. The average molecular weight is 353 g/mol. The number of hydrogen-bond donors (Lipinski definition) is 2. The lowest BCUT2D eigenvalue weighted by molar-refractivity contribution is 0.375. The minimum absolute atomic E-state index is 0. The standard InChI is InChI=1S/C14H21FN2O3S.ClH/c1-10-13(6-5-12(20-2)14(10)15)21(18,19)17-9-11-4-3-7-16-8-11;/h5-6,11,16-17H,3-4,7-9H2,1-2H3;1H. The first-order valence-electron chi connectivity index (χ1n) is 6.99. The normalized spacial score (nSPS) is 18.6. The molecule has 1 unspecified atom stereocenters. The van der Waals surface area contributed by atoms with Crippen LogP contribution in [0, 0.1) is 18.7 Å². The highest BCUT2D eigenvalue weighted by Crippen LogP contribution is 2.26. The van der Waals surface area contributed by atoms with Crippen molar-refractivity contribution in [1.82, 2.24) is 10.0 Å². The number of hydrogen-bond acceptors (Lipinski definition) is 4. The number of rotatable bonds is 5. The fraction of sp³-hybridized carbons (Fsp3) is 0.571. The molecule has 1 aromatic carbocycles. The Morgan fingerprint density at radius 1 is 1.45 bits per heavy atom. The smallest absolute Gasteiger partial charge is 0.240 e. The fourth-order valence-corrected chi connectivity index (χ4v) is 3.85. The number of halogens is 2. The van der Waals surface area contributed by atoms with Crippen LogP contribution in [0.1, 0.15) is 18.4 Å². The summed E-state index contributed by atoms with van der Waals surface area (Å²) in [5.41, 5.74) is 0.0728. The summed E-state index contributed by atoms with van der Waals surface area (Å²) in [6.45, 7) is 3.58. The van der Waals surface area contributed by atoms with E-state index in [2.05, 4.69) is 10.0 Å². The van der Waals surface area contributed by atoms with Gasteiger partial charge in [-0.2, -0.15) is 0 Å². The Labute approximate surface area is 137 Å². The average Bonchev–Trinajstić information content (AvgIpc) is 2.49. The Bertz CT molecular complexity index is 604. The molecule has 1 aromatic rings. The van der Waals surface area contributed by atoms with Crippen molar-refractivity contribution in [3.05, 3.63) is 23.5 Å². The highest BCUT2D eigenvalue weighted by molar-refractivity contribution is 7.89. The van der Waals surface area contributed by atoms with Crippen LogP contribution in [-0.2, 0) is 10.0 Å². The Morgan fingerprint density at radius 2 is 2.18 bits per heavy atom. The monoisotopic (exact) mass is 352 g/mol. The molecule has 22 heavy (non-hydrogen) atoms. The summed E-state index contributed by atoms with van der Waals surface area (Å²) in [6.07, 6.45) is 2.04. The lowest BCUT2D eigenvalue weighted by atomic mass is 10.0. The van der Waals surface area contributed by atoms with Crippen molar-refractivity contribution in [1.29, 1.82) is 0 Å². The predicted octanol–water partition coefficient (Wildman–Crippen LogP) is 1.84. The highest BCUT2D eigenvalue weighted by atomic mass is 35.5. The Balaban J connectivity index is 0.00000242. The number of piperidine rings is 1. The van der Waals surface area contributed by atoms with E-state index in [0.717, 1.165) is 25.9 Å². The van der Waals surface area contributed by atoms with Crippen molar-refractivity contribution < 1.29 is 17.5 Å². The van der Waals surface area contributed by atoms with E-state index >= 15 is 0 Å². The third-order valence-electron chi connectivity index (χ3n) is 3.77. The molecule has 1 atom stereocenters. The van der Waals surface area contributed by atoms with Gasteiger partial charge in [0, 0.05) is 12.1 Å². The van der Waals surface area contributed by atoms with Gasteiger partial charge < -0.3 is 10.1 Å². The summed E-state index contributed by atoms with van der Waals surface area (Å²) in [5.74, 6) is -0.320. The predicted molar refractivity (Wildman–Crippen MR) is 85.7 cm³/mol. The highest BCUT2D eigenvalue weighted by Gasteiger charge is 2.23. The van der Waals surface area contributed by atoms with Crippen molar-refractivity contribution in [2.24, 2.45) is 5.92 Å². The van der Waals surface area contributed by atoms with Gasteiger partial charge in [-0.1, -0.05) is 0 Å².